The van der Waals surface area contributed by atoms with Crippen molar-refractivity contribution in [2.45, 2.75) is 24.3 Å². The monoisotopic (exact) mass is 412 g/mol. The highest BCUT2D eigenvalue weighted by Crippen LogP contribution is 2.68. The van der Waals surface area contributed by atoms with Crippen molar-refractivity contribution in [1.29, 1.82) is 0 Å². The summed E-state index contributed by atoms with van der Waals surface area (Å²) in [6, 6.07) is 0. The van der Waals surface area contributed by atoms with Gasteiger partial charge in [-0.1, -0.05) is 60.9 Å². The van der Waals surface area contributed by atoms with Crippen molar-refractivity contribution in [1.82, 2.24) is 0 Å². The van der Waals surface area contributed by atoms with Crippen molar-refractivity contribution in [2.75, 3.05) is 11.5 Å². The lowest BCUT2D eigenvalue weighted by atomic mass is 10.6. The molecule has 2 atom stereocenters. The topological polar surface area (TPSA) is 0 Å². The fourth-order valence-corrected chi connectivity index (χ4v) is 14.6. The van der Waals surface area contributed by atoms with Gasteiger partial charge in [0.15, 0.2) is 0 Å². The highest BCUT2D eigenvalue weighted by Gasteiger charge is 2.34. The van der Waals surface area contributed by atoms with Crippen molar-refractivity contribution in [3.8, 4) is 0 Å². The van der Waals surface area contributed by atoms with Crippen molar-refractivity contribution in [2.24, 2.45) is 0 Å². The molecular formula is C12H12S8. The summed E-state index contributed by atoms with van der Waals surface area (Å²) in [6.07, 6.45) is 0. The lowest BCUT2D eigenvalue weighted by Crippen LogP contribution is -2.03. The van der Waals surface area contributed by atoms with Crippen LogP contribution in [-0.4, -0.2) is 22.0 Å². The Hall–Kier alpha value is 2.02. The lowest BCUT2D eigenvalue weighted by Gasteiger charge is -2.16. The van der Waals surface area contributed by atoms with Gasteiger partial charge in [-0.15, -0.1) is 47.0 Å². The molecule has 0 aromatic carbocycles. The molecule has 0 saturated carbocycles. The van der Waals surface area contributed by atoms with Gasteiger partial charge in [0.2, 0.25) is 0 Å². The first-order chi connectivity index (χ1) is 9.69. The predicted octanol–water partition coefficient (Wildman–Crippen LogP) is 7.06. The van der Waals surface area contributed by atoms with Crippen LogP contribution in [0.2, 0.25) is 0 Å². The van der Waals surface area contributed by atoms with Gasteiger partial charge in [-0.3, -0.25) is 0 Å². The summed E-state index contributed by atoms with van der Waals surface area (Å²) in [4.78, 5) is 0. The Balaban J connectivity index is 1.51. The van der Waals surface area contributed by atoms with Crippen LogP contribution in [0.15, 0.2) is 25.4 Å². The smallest absolute Gasteiger partial charge is 0.0717 e. The molecule has 0 fully saturated rings. The van der Waals surface area contributed by atoms with Gasteiger partial charge >= 0.3 is 0 Å². The predicted molar refractivity (Wildman–Crippen MR) is 110 cm³/mol. The highest BCUT2D eigenvalue weighted by atomic mass is 32.3. The molecule has 0 aliphatic carbocycles. The van der Waals surface area contributed by atoms with E-state index < -0.39 is 0 Å². The molecular weight excluding hydrogens is 401 g/mol. The number of hydrogen-bond donors (Lipinski definition) is 0. The first-order valence-corrected chi connectivity index (χ1v) is 13.2. The van der Waals surface area contributed by atoms with Gasteiger partial charge < -0.3 is 0 Å². The zero-order chi connectivity index (χ0) is 13.7. The Bertz CT molecular complexity index is 498. The standard InChI is InChI=1S/C12H12S8/c1-5-3-13-7-9(15-5)19-11(17-7)12-18-8-10(20-12)16-6(2)4-14-8/h5-6H,3-4H2,1-2H3/b12-11+. The Kier molecular flexibility index (Phi) is 5.05. The Morgan fingerprint density at radius 1 is 0.600 bits per heavy atom. The largest absolute Gasteiger partial charge is 0.116 e. The Morgan fingerprint density at radius 2 is 1.00 bits per heavy atom. The summed E-state index contributed by atoms with van der Waals surface area (Å²) in [7, 11) is 0. The van der Waals surface area contributed by atoms with Gasteiger partial charge in [0.25, 0.3) is 0 Å². The molecule has 0 aromatic rings. The van der Waals surface area contributed by atoms with E-state index >= 15 is 0 Å². The third kappa shape index (κ3) is 3.14. The maximum atomic E-state index is 2.34. The normalized spacial score (nSPS) is 37.5. The Morgan fingerprint density at radius 3 is 1.45 bits per heavy atom. The van der Waals surface area contributed by atoms with Crippen LogP contribution >= 0.6 is 94.1 Å². The minimum Gasteiger partial charge on any atom is -0.116 e. The molecule has 0 spiro atoms. The molecule has 108 valence electrons. The van der Waals surface area contributed by atoms with E-state index in [9.17, 15) is 0 Å². The first kappa shape index (κ1) is 15.5. The third-order valence-corrected chi connectivity index (χ3v) is 15.4. The third-order valence-electron chi connectivity index (χ3n) is 2.76. The van der Waals surface area contributed by atoms with E-state index in [1.165, 1.54) is 20.0 Å². The molecule has 4 aliphatic rings. The minimum absolute atomic E-state index is 0.762. The number of thioether (sulfide) groups is 8. The van der Waals surface area contributed by atoms with Crippen LogP contribution in [0, 0.1) is 0 Å². The van der Waals surface area contributed by atoms with Crippen molar-refractivity contribution >= 4 is 94.1 Å². The van der Waals surface area contributed by atoms with Crippen LogP contribution in [0.25, 0.3) is 0 Å². The van der Waals surface area contributed by atoms with Crippen LogP contribution in [-0.2, 0) is 0 Å². The molecule has 0 radical (unpaired) electrons. The second kappa shape index (κ2) is 6.49. The Labute approximate surface area is 154 Å². The van der Waals surface area contributed by atoms with E-state index in [0.717, 1.165) is 10.5 Å². The maximum Gasteiger partial charge on any atom is 0.0717 e. The number of hydrogen-bond acceptors (Lipinski definition) is 8. The van der Waals surface area contributed by atoms with Gasteiger partial charge in [-0.05, 0) is 0 Å². The van der Waals surface area contributed by atoms with E-state index in [1.54, 1.807) is 16.9 Å². The van der Waals surface area contributed by atoms with E-state index in [4.69, 9.17) is 0 Å². The summed E-state index contributed by atoms with van der Waals surface area (Å²) in [5.41, 5.74) is 0. The minimum atomic E-state index is 0.762. The molecule has 2 unspecified atom stereocenters. The van der Waals surface area contributed by atoms with Crippen LogP contribution < -0.4 is 0 Å². The zero-order valence-electron chi connectivity index (χ0n) is 10.8. The molecule has 4 aliphatic heterocycles. The average molecular weight is 413 g/mol. The highest BCUT2D eigenvalue weighted by molar-refractivity contribution is 8.45. The first-order valence-electron chi connectivity index (χ1n) is 6.22. The van der Waals surface area contributed by atoms with E-state index in [2.05, 4.69) is 60.9 Å². The molecule has 8 heteroatoms. The van der Waals surface area contributed by atoms with Gasteiger partial charge in [-0.25, -0.2) is 0 Å². The summed E-state index contributed by atoms with van der Waals surface area (Å²) in [5.74, 6) is 2.52. The van der Waals surface area contributed by atoms with E-state index in [1.807, 2.05) is 47.0 Å². The molecule has 0 amide bonds. The van der Waals surface area contributed by atoms with Gasteiger partial charge in [0.05, 0.1) is 25.4 Å². The summed E-state index contributed by atoms with van der Waals surface area (Å²) in [6.45, 7) is 4.68. The molecule has 4 heterocycles. The zero-order valence-corrected chi connectivity index (χ0v) is 17.4. The van der Waals surface area contributed by atoms with Crippen molar-refractivity contribution in [3.63, 3.8) is 0 Å². The van der Waals surface area contributed by atoms with Crippen molar-refractivity contribution < 1.29 is 0 Å². The van der Waals surface area contributed by atoms with Crippen LogP contribution in [0.5, 0.6) is 0 Å². The average Bonchev–Trinajstić information content (AvgIpc) is 3.00. The number of rotatable bonds is 0. The molecule has 0 nitrogen and oxygen atoms in total. The van der Waals surface area contributed by atoms with Crippen LogP contribution in [0.4, 0.5) is 0 Å². The van der Waals surface area contributed by atoms with Gasteiger partial charge in [0.1, 0.15) is 0 Å². The molecule has 20 heavy (non-hydrogen) atoms. The SMILES string of the molecule is CC1CSC2=C(S/C(=C3\SC4=C(S3)SC(C)CS4)S2)S1. The summed E-state index contributed by atoms with van der Waals surface area (Å²) >= 11 is 16.3. The molecule has 0 aromatic heterocycles. The van der Waals surface area contributed by atoms with E-state index in [-0.39, 0.29) is 0 Å². The summed E-state index contributed by atoms with van der Waals surface area (Å²) in [5, 5.41) is 1.52. The molecule has 0 bridgehead atoms. The molecule has 0 N–H and O–H groups in total. The van der Waals surface area contributed by atoms with Crippen LogP contribution in [0.3, 0.4) is 0 Å². The maximum absolute atomic E-state index is 2.34. The summed E-state index contributed by atoms with van der Waals surface area (Å²) < 4.78 is 9.28. The molecule has 4 rings (SSSR count). The second-order valence-corrected chi connectivity index (χ2v) is 15.2. The van der Waals surface area contributed by atoms with Crippen molar-refractivity contribution in [3.05, 3.63) is 25.4 Å². The fraction of sp³-hybridized carbons (Fsp3) is 0.500. The quantitative estimate of drug-likeness (QED) is 0.409. The fourth-order valence-electron chi connectivity index (χ4n) is 1.85. The second-order valence-electron chi connectivity index (χ2n) is 4.61. The van der Waals surface area contributed by atoms with Gasteiger partial charge in [-0.2, -0.15) is 0 Å². The van der Waals surface area contributed by atoms with Crippen LogP contribution in [0.1, 0.15) is 13.8 Å². The van der Waals surface area contributed by atoms with E-state index in [0.29, 0.717) is 0 Å². The lowest BCUT2D eigenvalue weighted by molar-refractivity contribution is 1.14. The molecule has 0 saturated heterocycles. The van der Waals surface area contributed by atoms with Gasteiger partial charge in [0, 0.05) is 22.0 Å².